The van der Waals surface area contributed by atoms with E-state index in [2.05, 4.69) is 17.3 Å². The molecule has 0 spiro atoms. The molecule has 2 unspecified atom stereocenters. The molecule has 98 valence electrons. The third-order valence-electron chi connectivity index (χ3n) is 4.02. The first-order chi connectivity index (χ1) is 8.70. The summed E-state index contributed by atoms with van der Waals surface area (Å²) in [5.74, 6) is 0.385. The number of nitrogens with one attached hydrogen (secondary N) is 1. The minimum atomic E-state index is -0.143. The van der Waals surface area contributed by atoms with Gasteiger partial charge in [-0.3, -0.25) is 0 Å². The Balaban J connectivity index is 1.68. The first kappa shape index (κ1) is 12.1. The Labute approximate surface area is 108 Å². The van der Waals surface area contributed by atoms with Crippen LogP contribution in [-0.2, 0) is 0 Å². The number of hydrogen-bond acceptors (Lipinski definition) is 2. The molecular weight excluding hydrogens is 227 g/mol. The standard InChI is InChI=1S/C15H21FN2/c1-18-9-12(11-2-4-13(16)5-3-11)8-15(10-18)17-14-6-7-14/h2-5,12,14-15,17H,6-10H2,1H3. The summed E-state index contributed by atoms with van der Waals surface area (Å²) >= 11 is 0. The number of piperidine rings is 1. The maximum atomic E-state index is 13.0. The third-order valence-corrected chi connectivity index (χ3v) is 4.02. The zero-order chi connectivity index (χ0) is 12.5. The molecule has 1 aromatic carbocycles. The smallest absolute Gasteiger partial charge is 0.123 e. The predicted molar refractivity (Wildman–Crippen MR) is 71.2 cm³/mol. The van der Waals surface area contributed by atoms with Gasteiger partial charge in [0.2, 0.25) is 0 Å². The summed E-state index contributed by atoms with van der Waals surface area (Å²) in [7, 11) is 2.18. The second-order valence-electron chi connectivity index (χ2n) is 5.84. The van der Waals surface area contributed by atoms with Crippen LogP contribution >= 0.6 is 0 Å². The van der Waals surface area contributed by atoms with Gasteiger partial charge in [0, 0.05) is 25.2 Å². The lowest BCUT2D eigenvalue weighted by Gasteiger charge is -2.36. The lowest BCUT2D eigenvalue weighted by atomic mass is 9.88. The van der Waals surface area contributed by atoms with Gasteiger partial charge in [-0.2, -0.15) is 0 Å². The number of likely N-dealkylation sites (N-methyl/N-ethyl adjacent to an activating group) is 1. The summed E-state index contributed by atoms with van der Waals surface area (Å²) in [6.45, 7) is 2.21. The fourth-order valence-corrected chi connectivity index (χ4v) is 3.00. The van der Waals surface area contributed by atoms with Crippen LogP contribution in [0.25, 0.3) is 0 Å². The molecule has 3 rings (SSSR count). The van der Waals surface area contributed by atoms with Crippen LogP contribution in [0.15, 0.2) is 24.3 Å². The highest BCUT2D eigenvalue weighted by Gasteiger charge is 2.30. The molecule has 3 heteroatoms. The van der Waals surface area contributed by atoms with Crippen molar-refractivity contribution < 1.29 is 4.39 Å². The highest BCUT2D eigenvalue weighted by atomic mass is 19.1. The van der Waals surface area contributed by atoms with Gasteiger partial charge in [-0.05, 0) is 49.9 Å². The van der Waals surface area contributed by atoms with Gasteiger partial charge in [0.1, 0.15) is 5.82 Å². The molecule has 1 aliphatic heterocycles. The Morgan fingerprint density at radius 1 is 1.11 bits per heavy atom. The van der Waals surface area contributed by atoms with Crippen molar-refractivity contribution in [3.63, 3.8) is 0 Å². The minimum absolute atomic E-state index is 0.143. The fraction of sp³-hybridized carbons (Fsp3) is 0.600. The maximum absolute atomic E-state index is 13.0. The van der Waals surface area contributed by atoms with E-state index >= 15 is 0 Å². The van der Waals surface area contributed by atoms with E-state index < -0.39 is 0 Å². The lowest BCUT2D eigenvalue weighted by Crippen LogP contribution is -2.47. The van der Waals surface area contributed by atoms with Crippen LogP contribution in [0.3, 0.4) is 0 Å². The lowest BCUT2D eigenvalue weighted by molar-refractivity contribution is 0.203. The Kier molecular flexibility index (Phi) is 3.35. The molecule has 1 heterocycles. The van der Waals surface area contributed by atoms with Crippen molar-refractivity contribution in [1.29, 1.82) is 0 Å². The molecular formula is C15H21FN2. The molecule has 0 aromatic heterocycles. The van der Waals surface area contributed by atoms with Gasteiger partial charge in [0.15, 0.2) is 0 Å². The summed E-state index contributed by atoms with van der Waals surface area (Å²) < 4.78 is 13.0. The van der Waals surface area contributed by atoms with Gasteiger partial charge in [-0.15, -0.1) is 0 Å². The quantitative estimate of drug-likeness (QED) is 0.883. The molecule has 1 saturated carbocycles. The largest absolute Gasteiger partial charge is 0.310 e. The monoisotopic (exact) mass is 248 g/mol. The number of halogens is 1. The molecule has 1 aliphatic carbocycles. The normalized spacial score (nSPS) is 29.4. The van der Waals surface area contributed by atoms with E-state index in [9.17, 15) is 4.39 Å². The highest BCUT2D eigenvalue weighted by Crippen LogP contribution is 2.29. The Bertz CT molecular complexity index is 397. The Morgan fingerprint density at radius 2 is 1.83 bits per heavy atom. The summed E-state index contributed by atoms with van der Waals surface area (Å²) in [5.41, 5.74) is 1.27. The first-order valence-corrected chi connectivity index (χ1v) is 6.91. The van der Waals surface area contributed by atoms with Crippen molar-refractivity contribution in [3.8, 4) is 0 Å². The second-order valence-corrected chi connectivity index (χ2v) is 5.84. The van der Waals surface area contributed by atoms with Gasteiger partial charge >= 0.3 is 0 Å². The molecule has 0 bridgehead atoms. The molecule has 1 N–H and O–H groups in total. The van der Waals surface area contributed by atoms with Gasteiger partial charge in [0.05, 0.1) is 0 Å². The predicted octanol–water partition coefficient (Wildman–Crippen LogP) is 2.37. The molecule has 2 nitrogen and oxygen atoms in total. The zero-order valence-electron chi connectivity index (χ0n) is 10.9. The SMILES string of the molecule is CN1CC(NC2CC2)CC(c2ccc(F)cc2)C1. The number of nitrogens with zero attached hydrogens (tertiary/aromatic N) is 1. The summed E-state index contributed by atoms with van der Waals surface area (Å²) in [6, 6.07) is 8.38. The number of hydrogen-bond donors (Lipinski definition) is 1. The fourth-order valence-electron chi connectivity index (χ4n) is 3.00. The van der Waals surface area contributed by atoms with E-state index in [1.54, 1.807) is 12.1 Å². The van der Waals surface area contributed by atoms with Crippen LogP contribution in [0.2, 0.25) is 0 Å². The average molecular weight is 248 g/mol. The van der Waals surface area contributed by atoms with Crippen LogP contribution in [0.5, 0.6) is 0 Å². The molecule has 0 amide bonds. The van der Waals surface area contributed by atoms with E-state index in [4.69, 9.17) is 0 Å². The van der Waals surface area contributed by atoms with Crippen molar-refractivity contribution in [1.82, 2.24) is 10.2 Å². The summed E-state index contributed by atoms with van der Waals surface area (Å²) in [5, 5.41) is 3.72. The van der Waals surface area contributed by atoms with Crippen molar-refractivity contribution in [3.05, 3.63) is 35.6 Å². The molecule has 0 radical (unpaired) electrons. The van der Waals surface area contributed by atoms with E-state index in [0.29, 0.717) is 12.0 Å². The number of likely N-dealkylation sites (tertiary alicyclic amines) is 1. The number of benzene rings is 1. The highest BCUT2D eigenvalue weighted by molar-refractivity contribution is 5.22. The van der Waals surface area contributed by atoms with E-state index in [-0.39, 0.29) is 5.82 Å². The van der Waals surface area contributed by atoms with Gasteiger partial charge in [0.25, 0.3) is 0 Å². The van der Waals surface area contributed by atoms with E-state index in [1.165, 1.54) is 24.8 Å². The molecule has 2 aliphatic rings. The zero-order valence-corrected chi connectivity index (χ0v) is 10.9. The van der Waals surface area contributed by atoms with Crippen molar-refractivity contribution in [2.75, 3.05) is 20.1 Å². The summed E-state index contributed by atoms with van der Waals surface area (Å²) in [6.07, 6.45) is 3.84. The molecule has 18 heavy (non-hydrogen) atoms. The minimum Gasteiger partial charge on any atom is -0.310 e. The molecule has 1 aromatic rings. The topological polar surface area (TPSA) is 15.3 Å². The number of rotatable bonds is 3. The van der Waals surface area contributed by atoms with Gasteiger partial charge in [-0.1, -0.05) is 12.1 Å². The van der Waals surface area contributed by atoms with E-state index in [0.717, 1.165) is 19.1 Å². The van der Waals surface area contributed by atoms with Crippen molar-refractivity contribution in [2.24, 2.45) is 0 Å². The Morgan fingerprint density at radius 3 is 2.50 bits per heavy atom. The maximum Gasteiger partial charge on any atom is 0.123 e. The third kappa shape index (κ3) is 2.90. The molecule has 1 saturated heterocycles. The summed E-state index contributed by atoms with van der Waals surface area (Å²) in [4.78, 5) is 2.39. The average Bonchev–Trinajstić information content (AvgIpc) is 3.13. The van der Waals surface area contributed by atoms with Crippen molar-refractivity contribution >= 4 is 0 Å². The van der Waals surface area contributed by atoms with Crippen LogP contribution in [0.4, 0.5) is 4.39 Å². The second kappa shape index (κ2) is 4.98. The van der Waals surface area contributed by atoms with Crippen LogP contribution in [0, 0.1) is 5.82 Å². The van der Waals surface area contributed by atoms with Gasteiger partial charge in [-0.25, -0.2) is 4.39 Å². The van der Waals surface area contributed by atoms with Gasteiger partial charge < -0.3 is 10.2 Å². The van der Waals surface area contributed by atoms with Crippen LogP contribution in [-0.4, -0.2) is 37.1 Å². The van der Waals surface area contributed by atoms with Crippen LogP contribution < -0.4 is 5.32 Å². The molecule has 2 fully saturated rings. The van der Waals surface area contributed by atoms with E-state index in [1.807, 2.05) is 12.1 Å². The molecule has 2 atom stereocenters. The van der Waals surface area contributed by atoms with Crippen molar-refractivity contribution in [2.45, 2.75) is 37.3 Å². The first-order valence-electron chi connectivity index (χ1n) is 6.91. The van der Waals surface area contributed by atoms with Crippen LogP contribution in [0.1, 0.15) is 30.7 Å². The Hall–Kier alpha value is -0.930.